The van der Waals surface area contributed by atoms with Gasteiger partial charge in [-0.25, -0.2) is 8.42 Å². The molecule has 11 heteroatoms. The molecule has 0 saturated heterocycles. The number of methoxy groups -OCH3 is 1. The molecule has 0 aliphatic rings. The van der Waals surface area contributed by atoms with E-state index in [1.807, 2.05) is 6.92 Å². The number of unbranched alkanes of at least 4 members (excludes halogenated alkanes) is 1. The number of amides is 2. The van der Waals surface area contributed by atoms with Crippen molar-refractivity contribution in [2.75, 3.05) is 31.1 Å². The van der Waals surface area contributed by atoms with Crippen molar-refractivity contribution in [3.05, 3.63) is 83.4 Å². The number of ether oxygens (including phenoxy) is 2. The van der Waals surface area contributed by atoms with Gasteiger partial charge in [0, 0.05) is 18.1 Å². The third-order valence-corrected chi connectivity index (χ3v) is 8.65. The quantitative estimate of drug-likeness (QED) is 0.233. The first kappa shape index (κ1) is 32.8. The number of sulfonamides is 1. The van der Waals surface area contributed by atoms with Crippen molar-refractivity contribution >= 4 is 39.1 Å². The van der Waals surface area contributed by atoms with E-state index in [1.54, 1.807) is 69.5 Å². The molecule has 9 nitrogen and oxygen atoms in total. The van der Waals surface area contributed by atoms with Crippen LogP contribution in [0.1, 0.15) is 39.2 Å². The van der Waals surface area contributed by atoms with E-state index in [-0.39, 0.29) is 23.0 Å². The van der Waals surface area contributed by atoms with Crippen LogP contribution in [0.5, 0.6) is 11.5 Å². The van der Waals surface area contributed by atoms with Crippen molar-refractivity contribution in [3.63, 3.8) is 0 Å². The molecule has 226 valence electrons. The summed E-state index contributed by atoms with van der Waals surface area (Å²) in [4.78, 5) is 28.5. The molecule has 0 saturated carbocycles. The highest BCUT2D eigenvalue weighted by Gasteiger charge is 2.33. The molecule has 0 unspecified atom stereocenters. The Kier molecular flexibility index (Phi) is 12.1. The summed E-state index contributed by atoms with van der Waals surface area (Å²) in [6.07, 6.45) is 1.70. The summed E-state index contributed by atoms with van der Waals surface area (Å²) < 4.78 is 40.1. The number of hydrogen-bond donors (Lipinski definition) is 1. The van der Waals surface area contributed by atoms with E-state index in [9.17, 15) is 18.0 Å². The normalized spacial score (nSPS) is 11.8. The highest BCUT2D eigenvalue weighted by molar-refractivity contribution is 7.92. The molecule has 0 fully saturated rings. The third-order valence-electron chi connectivity index (χ3n) is 6.62. The fraction of sp³-hybridized carbons (Fsp3) is 0.355. The van der Waals surface area contributed by atoms with Crippen LogP contribution in [-0.2, 0) is 26.2 Å². The highest BCUT2D eigenvalue weighted by Crippen LogP contribution is 2.33. The predicted molar refractivity (Wildman–Crippen MR) is 165 cm³/mol. The molecule has 0 aliphatic heterocycles. The molecule has 1 atom stereocenters. The molecule has 3 rings (SSSR count). The number of nitrogens with one attached hydrogen (secondary N) is 1. The van der Waals surface area contributed by atoms with Gasteiger partial charge in [-0.2, -0.15) is 0 Å². The minimum atomic E-state index is -4.26. The molecular formula is C31H38ClN3O6S. The maximum absolute atomic E-state index is 14.1. The third kappa shape index (κ3) is 8.39. The van der Waals surface area contributed by atoms with Crippen LogP contribution in [0.25, 0.3) is 0 Å². The zero-order valence-corrected chi connectivity index (χ0v) is 26.0. The van der Waals surface area contributed by atoms with E-state index in [0.717, 1.165) is 22.7 Å². The standard InChI is InChI=1S/C31H38ClN3O6S/c1-5-7-20-33-31(37)23(3)34(21-24-12-16-26(40-4)17-13-24)30(36)22-35(28-10-8-9-11-29(28)41-6-2)42(38,39)27-18-14-25(32)15-19-27/h8-19,23H,5-7,20-22H2,1-4H3,(H,33,37)/t23-/m1/s1. The van der Waals surface area contributed by atoms with Crippen LogP contribution in [0.15, 0.2) is 77.7 Å². The number of nitrogens with zero attached hydrogens (tertiary/aromatic N) is 2. The Hall–Kier alpha value is -3.76. The Bertz CT molecular complexity index is 1430. The number of carbonyl (C=O) groups is 2. The monoisotopic (exact) mass is 615 g/mol. The van der Waals surface area contributed by atoms with E-state index >= 15 is 0 Å². The molecule has 42 heavy (non-hydrogen) atoms. The first-order chi connectivity index (χ1) is 20.1. The first-order valence-corrected chi connectivity index (χ1v) is 15.6. The lowest BCUT2D eigenvalue weighted by molar-refractivity contribution is -0.139. The number of anilines is 1. The molecule has 1 N–H and O–H groups in total. The number of benzene rings is 3. The van der Waals surface area contributed by atoms with Crippen molar-refractivity contribution in [1.29, 1.82) is 0 Å². The maximum Gasteiger partial charge on any atom is 0.264 e. The van der Waals surface area contributed by atoms with Crippen LogP contribution in [0, 0.1) is 0 Å². The van der Waals surface area contributed by atoms with Gasteiger partial charge < -0.3 is 19.7 Å². The number of carbonyl (C=O) groups excluding carboxylic acids is 2. The van der Waals surface area contributed by atoms with Gasteiger partial charge >= 0.3 is 0 Å². The predicted octanol–water partition coefficient (Wildman–Crippen LogP) is 5.28. The van der Waals surface area contributed by atoms with Crippen LogP contribution in [0.4, 0.5) is 5.69 Å². The zero-order chi connectivity index (χ0) is 30.7. The summed E-state index contributed by atoms with van der Waals surface area (Å²) in [5.41, 5.74) is 0.950. The number of rotatable bonds is 15. The Morgan fingerprint density at radius 1 is 0.976 bits per heavy atom. The molecule has 0 spiro atoms. The number of hydrogen-bond acceptors (Lipinski definition) is 6. The van der Waals surface area contributed by atoms with E-state index < -0.39 is 28.5 Å². The lowest BCUT2D eigenvalue weighted by Crippen LogP contribution is -2.51. The molecule has 0 radical (unpaired) electrons. The topological polar surface area (TPSA) is 105 Å². The Morgan fingerprint density at radius 2 is 1.64 bits per heavy atom. The van der Waals surface area contributed by atoms with Crippen molar-refractivity contribution < 1.29 is 27.5 Å². The average Bonchev–Trinajstić information content (AvgIpc) is 2.99. The van der Waals surface area contributed by atoms with Gasteiger partial charge in [-0.3, -0.25) is 13.9 Å². The van der Waals surface area contributed by atoms with E-state index in [0.29, 0.717) is 29.7 Å². The summed E-state index contributed by atoms with van der Waals surface area (Å²) in [6.45, 7) is 5.71. The second-order valence-electron chi connectivity index (χ2n) is 9.56. The summed E-state index contributed by atoms with van der Waals surface area (Å²) >= 11 is 6.02. The van der Waals surface area contributed by atoms with Crippen molar-refractivity contribution in [2.24, 2.45) is 0 Å². The van der Waals surface area contributed by atoms with Crippen molar-refractivity contribution in [3.8, 4) is 11.5 Å². The minimum absolute atomic E-state index is 0.0435. The molecule has 2 amide bonds. The summed E-state index contributed by atoms with van der Waals surface area (Å²) in [5.74, 6) is 0.0621. The van der Waals surface area contributed by atoms with Crippen LogP contribution in [-0.4, -0.2) is 58.0 Å². The molecular weight excluding hydrogens is 578 g/mol. The van der Waals surface area contributed by atoms with E-state index in [2.05, 4.69) is 5.32 Å². The fourth-order valence-electron chi connectivity index (χ4n) is 4.23. The molecule has 3 aromatic carbocycles. The van der Waals surface area contributed by atoms with Gasteiger partial charge in [0.1, 0.15) is 24.1 Å². The van der Waals surface area contributed by atoms with Crippen molar-refractivity contribution in [2.45, 2.75) is 51.1 Å². The molecule has 0 bridgehead atoms. The summed E-state index contributed by atoms with van der Waals surface area (Å²) in [7, 11) is -2.70. The number of para-hydroxylation sites is 2. The zero-order valence-electron chi connectivity index (χ0n) is 24.4. The van der Waals surface area contributed by atoms with E-state index in [1.165, 1.54) is 29.2 Å². The Labute approximate surface area is 253 Å². The van der Waals surface area contributed by atoms with Crippen LogP contribution in [0.3, 0.4) is 0 Å². The van der Waals surface area contributed by atoms with Gasteiger partial charge in [0.25, 0.3) is 10.0 Å². The van der Waals surface area contributed by atoms with Crippen LogP contribution in [0.2, 0.25) is 5.02 Å². The largest absolute Gasteiger partial charge is 0.497 e. The molecule has 0 aromatic heterocycles. The second-order valence-corrected chi connectivity index (χ2v) is 11.9. The van der Waals surface area contributed by atoms with Gasteiger partial charge in [-0.15, -0.1) is 0 Å². The van der Waals surface area contributed by atoms with Crippen molar-refractivity contribution in [1.82, 2.24) is 10.2 Å². The average molecular weight is 616 g/mol. The molecule has 3 aromatic rings. The van der Waals surface area contributed by atoms with E-state index in [4.69, 9.17) is 21.1 Å². The van der Waals surface area contributed by atoms with Gasteiger partial charge in [0.2, 0.25) is 11.8 Å². The SMILES string of the molecule is CCCCNC(=O)[C@@H](C)N(Cc1ccc(OC)cc1)C(=O)CN(c1ccccc1OCC)S(=O)(=O)c1ccc(Cl)cc1. The Balaban J connectivity index is 2.04. The molecule has 0 aliphatic carbocycles. The lowest BCUT2D eigenvalue weighted by atomic mass is 10.1. The van der Waals surface area contributed by atoms with Gasteiger partial charge in [0.05, 0.1) is 24.3 Å². The van der Waals surface area contributed by atoms with Gasteiger partial charge in [-0.1, -0.05) is 49.2 Å². The second kappa shape index (κ2) is 15.5. The Morgan fingerprint density at radius 3 is 2.26 bits per heavy atom. The molecule has 0 heterocycles. The van der Waals surface area contributed by atoms with Crippen LogP contribution >= 0.6 is 11.6 Å². The van der Waals surface area contributed by atoms with Gasteiger partial charge in [0.15, 0.2) is 0 Å². The lowest BCUT2D eigenvalue weighted by Gasteiger charge is -2.32. The maximum atomic E-state index is 14.1. The summed E-state index contributed by atoms with van der Waals surface area (Å²) in [5, 5.41) is 3.25. The van der Waals surface area contributed by atoms with Crippen LogP contribution < -0.4 is 19.1 Å². The fourth-order valence-corrected chi connectivity index (χ4v) is 5.78. The summed E-state index contributed by atoms with van der Waals surface area (Å²) in [6, 6.07) is 18.6. The number of halogens is 1. The first-order valence-electron chi connectivity index (χ1n) is 13.8. The smallest absolute Gasteiger partial charge is 0.264 e. The van der Waals surface area contributed by atoms with Gasteiger partial charge in [-0.05, 0) is 74.4 Å². The minimum Gasteiger partial charge on any atom is -0.497 e. The highest BCUT2D eigenvalue weighted by atomic mass is 35.5.